The number of anilines is 2. The smallest absolute Gasteiger partial charge is 0.354 e. The standard InChI is InChI=1S/C26H29N5O7/c1-3-38-24(32)23-22-12-13-29(18-4-6-20(7-5-18)31(34)35)25(33)26(22,28-14-16-37-17-15-28)30(27-23)19-8-10-21(36-2)11-9-19/h4-11,22H,3,12-17H2,1-2H3/t22-,26-/m1/s1. The largest absolute Gasteiger partial charge is 0.497 e. The number of carbonyl (C=O) groups excluding carboxylic acids is 2. The number of benzene rings is 2. The van der Waals surface area contributed by atoms with Crippen molar-refractivity contribution in [3.63, 3.8) is 0 Å². The van der Waals surface area contributed by atoms with E-state index in [9.17, 15) is 19.7 Å². The van der Waals surface area contributed by atoms with E-state index in [0.717, 1.165) is 0 Å². The lowest BCUT2D eigenvalue weighted by molar-refractivity contribution is -0.384. The average Bonchev–Trinajstić information content (AvgIpc) is 3.31. The molecule has 2 aromatic carbocycles. The summed E-state index contributed by atoms with van der Waals surface area (Å²) in [6.45, 7) is 3.97. The molecule has 1 amide bonds. The number of nitrogens with zero attached hydrogens (tertiary/aromatic N) is 5. The minimum atomic E-state index is -1.36. The fourth-order valence-electron chi connectivity index (χ4n) is 5.49. The second kappa shape index (κ2) is 10.4. The number of fused-ring (bicyclic) bond motifs is 1. The summed E-state index contributed by atoms with van der Waals surface area (Å²) < 4.78 is 16.3. The van der Waals surface area contributed by atoms with Gasteiger partial charge in [-0.3, -0.25) is 19.8 Å². The molecular formula is C26H29N5O7. The molecule has 2 atom stereocenters. The number of ether oxygens (including phenoxy) is 3. The lowest BCUT2D eigenvalue weighted by Gasteiger charge is -2.53. The molecule has 200 valence electrons. The molecule has 2 fully saturated rings. The van der Waals surface area contributed by atoms with Crippen LogP contribution in [0.1, 0.15) is 13.3 Å². The zero-order valence-electron chi connectivity index (χ0n) is 21.2. The van der Waals surface area contributed by atoms with Crippen LogP contribution in [0.15, 0.2) is 53.6 Å². The molecule has 0 aliphatic carbocycles. The van der Waals surface area contributed by atoms with Crippen molar-refractivity contribution in [3.05, 3.63) is 58.6 Å². The van der Waals surface area contributed by atoms with Crippen LogP contribution < -0.4 is 14.6 Å². The van der Waals surface area contributed by atoms with Crippen molar-refractivity contribution in [2.75, 3.05) is 56.5 Å². The number of nitro benzene ring substituents is 1. The van der Waals surface area contributed by atoms with E-state index in [4.69, 9.17) is 19.3 Å². The van der Waals surface area contributed by atoms with Crippen LogP contribution in [0.3, 0.4) is 0 Å². The summed E-state index contributed by atoms with van der Waals surface area (Å²) in [6, 6.07) is 13.1. The van der Waals surface area contributed by atoms with Crippen molar-refractivity contribution in [3.8, 4) is 5.75 Å². The predicted molar refractivity (Wildman–Crippen MR) is 138 cm³/mol. The van der Waals surface area contributed by atoms with E-state index in [-0.39, 0.29) is 23.9 Å². The fourth-order valence-corrected chi connectivity index (χ4v) is 5.49. The molecule has 0 radical (unpaired) electrons. The molecule has 3 aliphatic heterocycles. The number of non-ortho nitro benzene ring substituents is 1. The topological polar surface area (TPSA) is 127 Å². The van der Waals surface area contributed by atoms with E-state index in [2.05, 4.69) is 0 Å². The molecule has 12 heteroatoms. The molecule has 0 bridgehead atoms. The van der Waals surface area contributed by atoms with Crippen molar-refractivity contribution in [1.82, 2.24) is 4.90 Å². The van der Waals surface area contributed by atoms with Gasteiger partial charge in [-0.2, -0.15) is 5.10 Å². The van der Waals surface area contributed by atoms with Crippen molar-refractivity contribution in [1.29, 1.82) is 0 Å². The molecule has 0 aromatic heterocycles. The summed E-state index contributed by atoms with van der Waals surface area (Å²) in [7, 11) is 1.57. The molecule has 38 heavy (non-hydrogen) atoms. The Kier molecular flexibility index (Phi) is 7.00. The van der Waals surface area contributed by atoms with E-state index in [1.54, 1.807) is 60.3 Å². The Morgan fingerprint density at radius 2 is 1.76 bits per heavy atom. The van der Waals surface area contributed by atoms with Crippen LogP contribution >= 0.6 is 0 Å². The SMILES string of the molecule is CCOC(=O)C1=NN(c2ccc(OC)cc2)[C@@]2(N3CCOCC3)C(=O)N(c3ccc([N+](=O)[O-])cc3)CC[C@H]12. The van der Waals surface area contributed by atoms with Gasteiger partial charge in [0.15, 0.2) is 5.71 Å². The molecule has 2 aromatic rings. The Balaban J connectivity index is 1.65. The van der Waals surface area contributed by atoms with Crippen LogP contribution in [-0.4, -0.2) is 79.6 Å². The van der Waals surface area contributed by atoms with E-state index >= 15 is 0 Å². The van der Waals surface area contributed by atoms with Crippen molar-refractivity contribution in [2.45, 2.75) is 19.0 Å². The number of carbonyl (C=O) groups is 2. The zero-order chi connectivity index (χ0) is 26.9. The number of hydrogen-bond donors (Lipinski definition) is 0. The van der Waals surface area contributed by atoms with Crippen LogP contribution in [0.25, 0.3) is 0 Å². The van der Waals surface area contributed by atoms with E-state index < -0.39 is 22.5 Å². The van der Waals surface area contributed by atoms with Gasteiger partial charge in [0, 0.05) is 37.5 Å². The normalized spacial score (nSPS) is 23.6. The van der Waals surface area contributed by atoms with Gasteiger partial charge < -0.3 is 19.1 Å². The Hall–Kier alpha value is -4.03. The predicted octanol–water partition coefficient (Wildman–Crippen LogP) is 2.42. The highest BCUT2D eigenvalue weighted by Crippen LogP contribution is 2.47. The Labute approximate surface area is 219 Å². The number of morpholine rings is 1. The maximum atomic E-state index is 14.7. The van der Waals surface area contributed by atoms with Gasteiger partial charge in [-0.25, -0.2) is 9.80 Å². The molecule has 12 nitrogen and oxygen atoms in total. The third-order valence-corrected chi connectivity index (χ3v) is 7.21. The molecule has 3 heterocycles. The zero-order valence-corrected chi connectivity index (χ0v) is 21.2. The van der Waals surface area contributed by atoms with Crippen LogP contribution in [0, 0.1) is 16.0 Å². The van der Waals surface area contributed by atoms with Gasteiger partial charge in [0.2, 0.25) is 5.66 Å². The number of hydrazone groups is 1. The average molecular weight is 524 g/mol. The van der Waals surface area contributed by atoms with Gasteiger partial charge in [0.1, 0.15) is 5.75 Å². The number of esters is 1. The highest BCUT2D eigenvalue weighted by molar-refractivity contribution is 6.40. The highest BCUT2D eigenvalue weighted by Gasteiger charge is 2.65. The van der Waals surface area contributed by atoms with E-state index in [1.807, 2.05) is 4.90 Å². The summed E-state index contributed by atoms with van der Waals surface area (Å²) >= 11 is 0. The lowest BCUT2D eigenvalue weighted by Crippen LogP contribution is -2.74. The summed E-state index contributed by atoms with van der Waals surface area (Å²) in [6.07, 6.45) is 0.435. The van der Waals surface area contributed by atoms with Gasteiger partial charge >= 0.3 is 5.97 Å². The number of hydrogen-bond acceptors (Lipinski definition) is 10. The number of rotatable bonds is 7. The quantitative estimate of drug-likeness (QED) is 0.305. The van der Waals surface area contributed by atoms with Crippen molar-refractivity contribution < 1.29 is 28.7 Å². The summed E-state index contributed by atoms with van der Waals surface area (Å²) in [5.41, 5.74) is -0.0783. The Morgan fingerprint density at radius 3 is 2.37 bits per heavy atom. The van der Waals surface area contributed by atoms with Crippen molar-refractivity contribution >= 4 is 34.7 Å². The summed E-state index contributed by atoms with van der Waals surface area (Å²) in [5, 5.41) is 17.6. The first-order chi connectivity index (χ1) is 18.4. The second-order valence-corrected chi connectivity index (χ2v) is 9.11. The summed E-state index contributed by atoms with van der Waals surface area (Å²) in [5.74, 6) is -0.753. The first-order valence-electron chi connectivity index (χ1n) is 12.5. The Bertz CT molecular complexity index is 1240. The fraction of sp³-hybridized carbons (Fsp3) is 0.423. The third kappa shape index (κ3) is 4.15. The molecule has 0 saturated carbocycles. The number of nitro groups is 1. The first kappa shape index (κ1) is 25.6. The molecule has 0 N–H and O–H groups in total. The van der Waals surface area contributed by atoms with Gasteiger partial charge in [-0.1, -0.05) is 0 Å². The Morgan fingerprint density at radius 1 is 1.11 bits per heavy atom. The van der Waals surface area contributed by atoms with Crippen LogP contribution in [0.5, 0.6) is 5.75 Å². The van der Waals surface area contributed by atoms with Crippen LogP contribution in [0.4, 0.5) is 17.1 Å². The molecule has 0 unspecified atom stereocenters. The number of piperidine rings is 1. The van der Waals surface area contributed by atoms with Crippen molar-refractivity contribution in [2.24, 2.45) is 11.0 Å². The van der Waals surface area contributed by atoms with E-state index in [0.29, 0.717) is 56.4 Å². The minimum absolute atomic E-state index is 0.0624. The molecular weight excluding hydrogens is 494 g/mol. The molecule has 0 spiro atoms. The minimum Gasteiger partial charge on any atom is -0.497 e. The third-order valence-electron chi connectivity index (χ3n) is 7.21. The number of methoxy groups -OCH3 is 1. The number of amides is 1. The molecule has 3 aliphatic rings. The highest BCUT2D eigenvalue weighted by atomic mass is 16.6. The van der Waals surface area contributed by atoms with Crippen LogP contribution in [-0.2, 0) is 19.1 Å². The van der Waals surface area contributed by atoms with Gasteiger partial charge in [-0.05, 0) is 49.7 Å². The second-order valence-electron chi connectivity index (χ2n) is 9.11. The maximum absolute atomic E-state index is 14.7. The van der Waals surface area contributed by atoms with Gasteiger partial charge in [0.25, 0.3) is 11.6 Å². The molecule has 2 saturated heterocycles. The maximum Gasteiger partial charge on any atom is 0.354 e. The van der Waals surface area contributed by atoms with Gasteiger partial charge in [0.05, 0.1) is 43.5 Å². The van der Waals surface area contributed by atoms with E-state index in [1.165, 1.54) is 12.1 Å². The summed E-state index contributed by atoms with van der Waals surface area (Å²) in [4.78, 5) is 42.2. The van der Waals surface area contributed by atoms with Crippen LogP contribution in [0.2, 0.25) is 0 Å². The monoisotopic (exact) mass is 523 g/mol. The lowest BCUT2D eigenvalue weighted by atomic mass is 9.79. The molecule has 5 rings (SSSR count). The van der Waals surface area contributed by atoms with Gasteiger partial charge in [-0.15, -0.1) is 0 Å². The first-order valence-corrected chi connectivity index (χ1v) is 12.5.